The Morgan fingerprint density at radius 1 is 1.16 bits per heavy atom. The van der Waals surface area contributed by atoms with Crippen LogP contribution in [0, 0.1) is 17.7 Å². The summed E-state index contributed by atoms with van der Waals surface area (Å²) in [4.78, 5) is 41.3. The number of likely N-dealkylation sites (tertiary alicyclic amines) is 1. The number of anilines is 1. The van der Waals surface area contributed by atoms with Gasteiger partial charge in [-0.1, -0.05) is 12.1 Å². The van der Waals surface area contributed by atoms with Crippen molar-refractivity contribution in [3.63, 3.8) is 0 Å². The van der Waals surface area contributed by atoms with Gasteiger partial charge in [0.1, 0.15) is 17.1 Å². The van der Waals surface area contributed by atoms with E-state index in [1.54, 1.807) is 31.4 Å². The maximum atomic E-state index is 14.1. The number of nitrogens with one attached hydrogen (secondary N) is 2. The molecule has 8 nitrogen and oxygen atoms in total. The van der Waals surface area contributed by atoms with Gasteiger partial charge in [0.25, 0.3) is 0 Å². The number of halogens is 1. The largest absolute Gasteiger partial charge is 0.497 e. The van der Waals surface area contributed by atoms with Crippen molar-refractivity contribution < 1.29 is 28.6 Å². The number of methoxy groups -OCH3 is 1. The zero-order valence-electron chi connectivity index (χ0n) is 17.5. The number of aliphatic hydroxyl groups excluding tert-OH is 1. The van der Waals surface area contributed by atoms with E-state index in [0.717, 1.165) is 4.90 Å². The van der Waals surface area contributed by atoms with Gasteiger partial charge in [-0.25, -0.2) is 4.39 Å². The summed E-state index contributed by atoms with van der Waals surface area (Å²) in [7, 11) is 1.54. The first-order valence-electron chi connectivity index (χ1n) is 10.3. The van der Waals surface area contributed by atoms with Crippen molar-refractivity contribution in [1.29, 1.82) is 0 Å². The predicted molar refractivity (Wildman–Crippen MR) is 111 cm³/mol. The molecule has 0 aliphatic carbocycles. The Balaban J connectivity index is 1.58. The zero-order valence-corrected chi connectivity index (χ0v) is 17.5. The van der Waals surface area contributed by atoms with Gasteiger partial charge in [0, 0.05) is 17.3 Å². The number of nitrogens with zero attached hydrogens (tertiary/aromatic N) is 1. The summed E-state index contributed by atoms with van der Waals surface area (Å²) in [6, 6.07) is 9.96. The molecular weight excluding hydrogens is 417 g/mol. The van der Waals surface area contributed by atoms with Crippen molar-refractivity contribution in [2.24, 2.45) is 11.8 Å². The van der Waals surface area contributed by atoms with Gasteiger partial charge in [0.2, 0.25) is 17.7 Å². The minimum atomic E-state index is -1.63. The lowest BCUT2D eigenvalue weighted by atomic mass is 9.76. The highest BCUT2D eigenvalue weighted by atomic mass is 19.1. The Labute approximate surface area is 183 Å². The third kappa shape index (κ3) is 2.71. The van der Waals surface area contributed by atoms with Crippen LogP contribution in [0.2, 0.25) is 0 Å². The van der Waals surface area contributed by atoms with E-state index in [4.69, 9.17) is 4.74 Å². The van der Waals surface area contributed by atoms with Gasteiger partial charge >= 0.3 is 0 Å². The highest BCUT2D eigenvalue weighted by molar-refractivity contribution is 6.15. The first-order chi connectivity index (χ1) is 15.3. The summed E-state index contributed by atoms with van der Waals surface area (Å²) in [5, 5.41) is 16.1. The van der Waals surface area contributed by atoms with Crippen LogP contribution in [0.3, 0.4) is 0 Å². The minimum absolute atomic E-state index is 0.0227. The van der Waals surface area contributed by atoms with Crippen molar-refractivity contribution >= 4 is 23.4 Å². The normalized spacial score (nSPS) is 29.3. The van der Waals surface area contributed by atoms with Crippen LogP contribution in [0.1, 0.15) is 18.1 Å². The van der Waals surface area contributed by atoms with E-state index in [1.165, 1.54) is 25.1 Å². The number of benzene rings is 2. The van der Waals surface area contributed by atoms with Gasteiger partial charge in [-0.3, -0.25) is 24.6 Å². The van der Waals surface area contributed by atoms with Crippen LogP contribution < -0.4 is 15.4 Å². The molecule has 3 heterocycles. The second kappa shape index (κ2) is 7.11. The molecule has 166 valence electrons. The molecule has 0 aromatic heterocycles. The number of ether oxygens (including phenoxy) is 1. The fraction of sp³-hybridized carbons (Fsp3) is 0.348. The molecule has 2 aromatic carbocycles. The maximum Gasteiger partial charge on any atom is 0.250 e. The molecule has 0 bridgehead atoms. The van der Waals surface area contributed by atoms with Crippen LogP contribution in [0.15, 0.2) is 42.5 Å². The molecule has 2 aromatic rings. The molecule has 0 unspecified atom stereocenters. The van der Waals surface area contributed by atoms with E-state index in [-0.39, 0.29) is 12.1 Å². The van der Waals surface area contributed by atoms with Crippen LogP contribution in [0.5, 0.6) is 5.75 Å². The van der Waals surface area contributed by atoms with Gasteiger partial charge in [-0.15, -0.1) is 0 Å². The summed E-state index contributed by atoms with van der Waals surface area (Å²) in [6.07, 6.45) is -1.02. The third-order valence-electron chi connectivity index (χ3n) is 6.72. The lowest BCUT2D eigenvalue weighted by molar-refractivity contribution is -0.143. The van der Waals surface area contributed by atoms with Gasteiger partial charge < -0.3 is 15.2 Å². The van der Waals surface area contributed by atoms with Gasteiger partial charge in [-0.2, -0.15) is 0 Å². The molecule has 9 heteroatoms. The van der Waals surface area contributed by atoms with Crippen molar-refractivity contribution in [3.8, 4) is 5.75 Å². The number of carbonyl (C=O) groups excluding carboxylic acids is 3. The molecule has 0 saturated carbocycles. The second-order valence-corrected chi connectivity index (χ2v) is 8.48. The standard InChI is InChI=1S/C23H22FN3O5/c1-11(28)19-17-18(23(26-19)15-9-13(24)5-8-16(15)25-22(23)31)21(30)27(20(17)29)10-12-3-6-14(32-2)7-4-12/h3-9,11,17-19,26,28H,10H2,1-2H3,(H,25,31)/t11-,17-,18-,19-,23-/m0/s1. The number of fused-ring (bicyclic) bond motifs is 4. The maximum absolute atomic E-state index is 14.1. The summed E-state index contributed by atoms with van der Waals surface area (Å²) in [6.45, 7) is 1.52. The lowest BCUT2D eigenvalue weighted by Crippen LogP contribution is -2.54. The van der Waals surface area contributed by atoms with Gasteiger partial charge in [0.05, 0.1) is 31.6 Å². The molecule has 3 N–H and O–H groups in total. The highest BCUT2D eigenvalue weighted by Crippen LogP contribution is 2.53. The van der Waals surface area contributed by atoms with Crippen LogP contribution >= 0.6 is 0 Å². The SMILES string of the molecule is COc1ccc(CN2C(=O)[C@@H]3[C@H]([C@H](C)O)N[C@]4(C(=O)Nc5ccc(F)cc54)[C@@H]3C2=O)cc1. The Morgan fingerprint density at radius 3 is 2.53 bits per heavy atom. The smallest absolute Gasteiger partial charge is 0.250 e. The van der Waals surface area contributed by atoms with E-state index in [1.807, 2.05) is 0 Å². The van der Waals surface area contributed by atoms with Crippen LogP contribution in [0.25, 0.3) is 0 Å². The average Bonchev–Trinajstić information content (AvgIpc) is 3.36. The molecule has 3 aliphatic rings. The number of rotatable bonds is 4. The van der Waals surface area contributed by atoms with E-state index >= 15 is 0 Å². The average molecular weight is 439 g/mol. The molecule has 2 saturated heterocycles. The molecule has 5 rings (SSSR count). The van der Waals surface area contributed by atoms with Crippen molar-refractivity contribution in [3.05, 3.63) is 59.4 Å². The lowest BCUT2D eigenvalue weighted by Gasteiger charge is -2.30. The quantitative estimate of drug-likeness (QED) is 0.617. The molecular formula is C23H22FN3O5. The van der Waals surface area contributed by atoms with Crippen LogP contribution in [-0.2, 0) is 26.5 Å². The molecule has 3 aliphatic heterocycles. The Hall–Kier alpha value is -3.30. The Bertz CT molecular complexity index is 1130. The minimum Gasteiger partial charge on any atom is -0.497 e. The fourth-order valence-corrected chi connectivity index (χ4v) is 5.25. The molecule has 5 atom stereocenters. The molecule has 2 fully saturated rings. The summed E-state index contributed by atoms with van der Waals surface area (Å²) in [5.74, 6) is -3.52. The van der Waals surface area contributed by atoms with Crippen molar-refractivity contribution in [1.82, 2.24) is 10.2 Å². The number of hydrogen-bond acceptors (Lipinski definition) is 6. The van der Waals surface area contributed by atoms with Gasteiger partial charge in [-0.05, 0) is 42.8 Å². The monoisotopic (exact) mass is 439 g/mol. The van der Waals surface area contributed by atoms with E-state index < -0.39 is 53.1 Å². The molecule has 0 radical (unpaired) electrons. The number of aliphatic hydroxyl groups is 1. The number of hydrogen-bond donors (Lipinski definition) is 3. The van der Waals surface area contributed by atoms with Gasteiger partial charge in [0.15, 0.2) is 0 Å². The van der Waals surface area contributed by atoms with Crippen LogP contribution in [-0.4, -0.2) is 47.0 Å². The first kappa shape index (κ1) is 20.6. The molecule has 3 amide bonds. The van der Waals surface area contributed by atoms with Crippen molar-refractivity contribution in [2.45, 2.75) is 31.2 Å². The molecule has 32 heavy (non-hydrogen) atoms. The topological polar surface area (TPSA) is 108 Å². The zero-order chi connectivity index (χ0) is 22.8. The fourth-order valence-electron chi connectivity index (χ4n) is 5.25. The summed E-state index contributed by atoms with van der Waals surface area (Å²) < 4.78 is 19.3. The Morgan fingerprint density at radius 2 is 1.88 bits per heavy atom. The van der Waals surface area contributed by atoms with Crippen molar-refractivity contribution in [2.75, 3.05) is 12.4 Å². The second-order valence-electron chi connectivity index (χ2n) is 8.48. The number of carbonyl (C=O) groups is 3. The summed E-state index contributed by atoms with van der Waals surface area (Å²) >= 11 is 0. The summed E-state index contributed by atoms with van der Waals surface area (Å²) in [5.41, 5.74) is -0.272. The Kier molecular flexibility index (Phi) is 4.58. The number of amides is 3. The first-order valence-corrected chi connectivity index (χ1v) is 10.3. The highest BCUT2D eigenvalue weighted by Gasteiger charge is 2.71. The molecule has 1 spiro atoms. The predicted octanol–water partition coefficient (Wildman–Crippen LogP) is 1.14. The van der Waals surface area contributed by atoms with E-state index in [9.17, 15) is 23.9 Å². The number of imide groups is 1. The van der Waals surface area contributed by atoms with E-state index in [2.05, 4.69) is 10.6 Å². The van der Waals surface area contributed by atoms with E-state index in [0.29, 0.717) is 17.0 Å². The van der Waals surface area contributed by atoms with Crippen LogP contribution in [0.4, 0.5) is 10.1 Å². The third-order valence-corrected chi connectivity index (χ3v) is 6.72.